The molecule has 0 unspecified atom stereocenters. The molecular weight excluding hydrogens is 346 g/mol. The molecule has 4 nitrogen and oxygen atoms in total. The van der Waals surface area contributed by atoms with Crippen LogP contribution in [-0.2, 0) is 17.8 Å². The van der Waals surface area contributed by atoms with Crippen molar-refractivity contribution in [2.75, 3.05) is 5.32 Å². The number of para-hydroxylation sites is 2. The van der Waals surface area contributed by atoms with E-state index in [1.807, 2.05) is 73.0 Å². The summed E-state index contributed by atoms with van der Waals surface area (Å²) in [5.41, 5.74) is 6.16. The number of aryl methyl sites for hydroxylation is 2. The fraction of sp³-hybridized carbons (Fsp3) is 0.167. The van der Waals surface area contributed by atoms with E-state index < -0.39 is 0 Å². The zero-order chi connectivity index (χ0) is 19.5. The van der Waals surface area contributed by atoms with Gasteiger partial charge in [0, 0.05) is 12.1 Å². The second kappa shape index (κ2) is 7.69. The summed E-state index contributed by atoms with van der Waals surface area (Å²) in [6.07, 6.45) is 0.687. The Morgan fingerprint density at radius 3 is 2.50 bits per heavy atom. The molecule has 1 heterocycles. The van der Waals surface area contributed by atoms with Crippen molar-refractivity contribution in [2.24, 2.45) is 0 Å². The van der Waals surface area contributed by atoms with Crippen molar-refractivity contribution in [1.29, 1.82) is 0 Å². The van der Waals surface area contributed by atoms with Crippen LogP contribution in [0.3, 0.4) is 0 Å². The fourth-order valence-electron chi connectivity index (χ4n) is 3.50. The highest BCUT2D eigenvalue weighted by Crippen LogP contribution is 2.20. The smallest absolute Gasteiger partial charge is 0.244 e. The lowest BCUT2D eigenvalue weighted by molar-refractivity contribution is -0.116. The quantitative estimate of drug-likeness (QED) is 0.545. The average molecular weight is 369 g/mol. The van der Waals surface area contributed by atoms with Gasteiger partial charge in [0.2, 0.25) is 5.91 Å². The van der Waals surface area contributed by atoms with Gasteiger partial charge in [-0.3, -0.25) is 4.79 Å². The third-order valence-electron chi connectivity index (χ3n) is 4.90. The number of carbonyl (C=O) groups excluding carboxylic acids is 1. The van der Waals surface area contributed by atoms with E-state index in [9.17, 15) is 4.79 Å². The van der Waals surface area contributed by atoms with Gasteiger partial charge in [-0.05, 0) is 43.2 Å². The SMILES string of the molecule is Cc1ccc(NC(=O)Cn2c(Cc3ccccc3)nc3ccccc32)c(C)c1. The lowest BCUT2D eigenvalue weighted by atomic mass is 10.1. The molecule has 1 amide bonds. The van der Waals surface area contributed by atoms with Crippen molar-refractivity contribution in [2.45, 2.75) is 26.8 Å². The summed E-state index contributed by atoms with van der Waals surface area (Å²) in [7, 11) is 0. The van der Waals surface area contributed by atoms with Gasteiger partial charge in [0.25, 0.3) is 0 Å². The molecule has 0 spiro atoms. The molecule has 0 saturated heterocycles. The summed E-state index contributed by atoms with van der Waals surface area (Å²) >= 11 is 0. The second-order valence-corrected chi connectivity index (χ2v) is 7.13. The first-order valence-electron chi connectivity index (χ1n) is 9.45. The van der Waals surface area contributed by atoms with E-state index >= 15 is 0 Å². The normalized spacial score (nSPS) is 10.9. The van der Waals surface area contributed by atoms with E-state index in [2.05, 4.69) is 23.5 Å². The highest BCUT2D eigenvalue weighted by molar-refractivity contribution is 5.92. The molecule has 0 aliphatic rings. The Bertz CT molecular complexity index is 1130. The predicted octanol–water partition coefficient (Wildman–Crippen LogP) is 4.88. The maximum absolute atomic E-state index is 12.8. The van der Waals surface area contributed by atoms with E-state index in [-0.39, 0.29) is 12.5 Å². The summed E-state index contributed by atoms with van der Waals surface area (Å²) in [5, 5.41) is 3.04. The second-order valence-electron chi connectivity index (χ2n) is 7.13. The highest BCUT2D eigenvalue weighted by atomic mass is 16.1. The van der Waals surface area contributed by atoms with Gasteiger partial charge < -0.3 is 9.88 Å². The number of benzene rings is 3. The first kappa shape index (κ1) is 18.0. The summed E-state index contributed by atoms with van der Waals surface area (Å²) in [6.45, 7) is 4.29. The Morgan fingerprint density at radius 1 is 0.964 bits per heavy atom. The number of amides is 1. The highest BCUT2D eigenvalue weighted by Gasteiger charge is 2.14. The number of hydrogen-bond acceptors (Lipinski definition) is 2. The maximum Gasteiger partial charge on any atom is 0.244 e. The van der Waals surface area contributed by atoms with Crippen molar-refractivity contribution in [3.63, 3.8) is 0 Å². The van der Waals surface area contributed by atoms with E-state index in [1.165, 1.54) is 11.1 Å². The lowest BCUT2D eigenvalue weighted by Crippen LogP contribution is -2.20. The maximum atomic E-state index is 12.8. The molecular formula is C24H23N3O. The molecule has 0 aliphatic carbocycles. The van der Waals surface area contributed by atoms with Gasteiger partial charge in [-0.15, -0.1) is 0 Å². The summed E-state index contributed by atoms with van der Waals surface area (Å²) in [4.78, 5) is 17.6. The Balaban J connectivity index is 1.63. The molecule has 0 fully saturated rings. The van der Waals surface area contributed by atoms with Crippen molar-refractivity contribution in [3.05, 3.63) is 95.3 Å². The van der Waals surface area contributed by atoms with E-state index in [4.69, 9.17) is 4.98 Å². The number of aromatic nitrogens is 2. The summed E-state index contributed by atoms with van der Waals surface area (Å²) in [5.74, 6) is 0.840. The minimum absolute atomic E-state index is 0.0515. The van der Waals surface area contributed by atoms with E-state index in [1.54, 1.807) is 0 Å². The largest absolute Gasteiger partial charge is 0.324 e. The number of nitrogens with one attached hydrogen (secondary N) is 1. The molecule has 0 atom stereocenters. The van der Waals surface area contributed by atoms with Gasteiger partial charge >= 0.3 is 0 Å². The van der Waals surface area contributed by atoms with Gasteiger partial charge in [0.1, 0.15) is 12.4 Å². The number of fused-ring (bicyclic) bond motifs is 1. The standard InChI is InChI=1S/C24H23N3O/c1-17-12-13-20(18(2)14-17)26-24(28)16-27-22-11-7-6-10-21(22)25-23(27)15-19-8-4-3-5-9-19/h3-14H,15-16H2,1-2H3,(H,26,28). The summed E-state index contributed by atoms with van der Waals surface area (Å²) in [6, 6.07) is 24.2. The molecule has 0 bridgehead atoms. The fourth-order valence-corrected chi connectivity index (χ4v) is 3.50. The number of hydrogen-bond donors (Lipinski definition) is 1. The third kappa shape index (κ3) is 3.81. The molecule has 4 rings (SSSR count). The van der Waals surface area contributed by atoms with Crippen molar-refractivity contribution < 1.29 is 4.79 Å². The van der Waals surface area contributed by atoms with Crippen LogP contribution < -0.4 is 5.32 Å². The van der Waals surface area contributed by atoms with E-state index in [0.29, 0.717) is 6.42 Å². The molecule has 4 aromatic rings. The van der Waals surface area contributed by atoms with Crippen LogP contribution in [-0.4, -0.2) is 15.5 Å². The van der Waals surface area contributed by atoms with Gasteiger partial charge in [-0.2, -0.15) is 0 Å². The molecule has 4 heteroatoms. The molecule has 0 aliphatic heterocycles. The summed E-state index contributed by atoms with van der Waals surface area (Å²) < 4.78 is 2.02. The molecule has 28 heavy (non-hydrogen) atoms. The molecule has 0 radical (unpaired) electrons. The number of anilines is 1. The molecule has 3 aromatic carbocycles. The topological polar surface area (TPSA) is 46.9 Å². The van der Waals surface area contributed by atoms with Crippen molar-refractivity contribution in [1.82, 2.24) is 9.55 Å². The molecule has 1 aromatic heterocycles. The Kier molecular flexibility index (Phi) is 4.94. The monoisotopic (exact) mass is 369 g/mol. The number of imidazole rings is 1. The zero-order valence-electron chi connectivity index (χ0n) is 16.1. The number of nitrogens with zero attached hydrogens (tertiary/aromatic N) is 2. The van der Waals surface area contributed by atoms with Crippen LogP contribution in [0, 0.1) is 13.8 Å². The van der Waals surface area contributed by atoms with Crippen LogP contribution in [0.15, 0.2) is 72.8 Å². The lowest BCUT2D eigenvalue weighted by Gasteiger charge is -2.12. The van der Waals surface area contributed by atoms with Crippen molar-refractivity contribution >= 4 is 22.6 Å². The molecule has 0 saturated carbocycles. The Labute approximate surface area is 164 Å². The predicted molar refractivity (Wildman–Crippen MR) is 114 cm³/mol. The minimum atomic E-state index is -0.0515. The minimum Gasteiger partial charge on any atom is -0.324 e. The first-order valence-corrected chi connectivity index (χ1v) is 9.45. The van der Waals surface area contributed by atoms with Crippen LogP contribution in [0.2, 0.25) is 0 Å². The first-order chi connectivity index (χ1) is 13.6. The Hall–Kier alpha value is -3.40. The van der Waals surface area contributed by atoms with Crippen molar-refractivity contribution in [3.8, 4) is 0 Å². The number of rotatable bonds is 5. The van der Waals surface area contributed by atoms with Gasteiger partial charge in [-0.25, -0.2) is 4.98 Å². The molecule has 140 valence electrons. The van der Waals surface area contributed by atoms with Crippen LogP contribution in [0.5, 0.6) is 0 Å². The van der Waals surface area contributed by atoms with Gasteiger partial charge in [0.15, 0.2) is 0 Å². The number of carbonyl (C=O) groups is 1. The van der Waals surface area contributed by atoms with Gasteiger partial charge in [0.05, 0.1) is 11.0 Å². The van der Waals surface area contributed by atoms with Crippen LogP contribution in [0.4, 0.5) is 5.69 Å². The Morgan fingerprint density at radius 2 is 1.71 bits per heavy atom. The molecule has 1 N–H and O–H groups in total. The van der Waals surface area contributed by atoms with Crippen LogP contribution in [0.25, 0.3) is 11.0 Å². The zero-order valence-corrected chi connectivity index (χ0v) is 16.1. The van der Waals surface area contributed by atoms with Crippen LogP contribution in [0.1, 0.15) is 22.5 Å². The third-order valence-corrected chi connectivity index (χ3v) is 4.90. The van der Waals surface area contributed by atoms with Crippen LogP contribution >= 0.6 is 0 Å². The van der Waals surface area contributed by atoms with Gasteiger partial charge in [-0.1, -0.05) is 60.2 Å². The average Bonchev–Trinajstić information content (AvgIpc) is 3.02. The van der Waals surface area contributed by atoms with E-state index in [0.717, 1.165) is 28.1 Å².